The van der Waals surface area contributed by atoms with Gasteiger partial charge in [0.25, 0.3) is 0 Å². The zero-order chi connectivity index (χ0) is 10.6. The number of rotatable bonds is 3. The molecule has 0 aromatic carbocycles. The molecule has 1 rings (SSSR count). The third-order valence-corrected chi connectivity index (χ3v) is 1.89. The summed E-state index contributed by atoms with van der Waals surface area (Å²) in [6.45, 7) is 5.05. The third kappa shape index (κ3) is 2.70. The molecule has 0 spiro atoms. The molecular formula is C9H14O5. The van der Waals surface area contributed by atoms with Crippen molar-refractivity contribution in [2.24, 2.45) is 5.41 Å². The molecule has 0 aliphatic carbocycles. The average Bonchev–Trinajstić information content (AvgIpc) is 2.11. The predicted molar refractivity (Wildman–Crippen MR) is 46.5 cm³/mol. The first-order chi connectivity index (χ1) is 6.57. The summed E-state index contributed by atoms with van der Waals surface area (Å²) in [4.78, 5) is 21.8. The quantitative estimate of drug-likeness (QED) is 0.481. The van der Waals surface area contributed by atoms with Gasteiger partial charge in [-0.1, -0.05) is 6.92 Å². The van der Waals surface area contributed by atoms with Gasteiger partial charge in [-0.3, -0.25) is 0 Å². The highest BCUT2D eigenvalue weighted by atomic mass is 16.6. The van der Waals surface area contributed by atoms with Gasteiger partial charge >= 0.3 is 11.9 Å². The summed E-state index contributed by atoms with van der Waals surface area (Å²) in [5.41, 5.74) is -0.137. The van der Waals surface area contributed by atoms with E-state index in [4.69, 9.17) is 9.47 Å². The van der Waals surface area contributed by atoms with Crippen LogP contribution in [0.5, 0.6) is 0 Å². The van der Waals surface area contributed by atoms with Crippen LogP contribution in [0.4, 0.5) is 0 Å². The topological polar surface area (TPSA) is 61.8 Å². The Morgan fingerprint density at radius 3 is 2.29 bits per heavy atom. The molecule has 14 heavy (non-hydrogen) atoms. The van der Waals surface area contributed by atoms with Crippen molar-refractivity contribution >= 4 is 11.9 Å². The standard InChI is InChI=1S/C9H14O5/c1-3-13-7(10)8(11)14-6-9(2)4-12-5-9/h3-6H2,1-2H3. The van der Waals surface area contributed by atoms with E-state index < -0.39 is 11.9 Å². The molecule has 1 heterocycles. The Balaban J connectivity index is 2.23. The summed E-state index contributed by atoms with van der Waals surface area (Å²) in [5, 5.41) is 0. The summed E-state index contributed by atoms with van der Waals surface area (Å²) in [6.07, 6.45) is 0. The van der Waals surface area contributed by atoms with E-state index in [1.54, 1.807) is 6.92 Å². The maximum absolute atomic E-state index is 11.0. The van der Waals surface area contributed by atoms with Crippen LogP contribution < -0.4 is 0 Å². The van der Waals surface area contributed by atoms with Crippen LogP contribution in [0, 0.1) is 5.41 Å². The largest absolute Gasteiger partial charge is 0.458 e. The molecule has 5 nitrogen and oxygen atoms in total. The fourth-order valence-corrected chi connectivity index (χ4v) is 1.02. The highest BCUT2D eigenvalue weighted by molar-refractivity contribution is 6.29. The van der Waals surface area contributed by atoms with E-state index in [1.165, 1.54) is 0 Å². The first-order valence-corrected chi connectivity index (χ1v) is 4.49. The molecule has 80 valence electrons. The first kappa shape index (κ1) is 11.0. The molecule has 1 fully saturated rings. The van der Waals surface area contributed by atoms with Crippen LogP contribution in [0.25, 0.3) is 0 Å². The maximum Gasteiger partial charge on any atom is 0.417 e. The van der Waals surface area contributed by atoms with Gasteiger partial charge in [0.15, 0.2) is 0 Å². The van der Waals surface area contributed by atoms with Crippen molar-refractivity contribution in [3.63, 3.8) is 0 Å². The Morgan fingerprint density at radius 1 is 1.29 bits per heavy atom. The highest BCUT2D eigenvalue weighted by Gasteiger charge is 2.35. The number of carbonyl (C=O) groups excluding carboxylic acids is 2. The van der Waals surface area contributed by atoms with E-state index in [-0.39, 0.29) is 18.6 Å². The van der Waals surface area contributed by atoms with Crippen molar-refractivity contribution in [3.8, 4) is 0 Å². The zero-order valence-corrected chi connectivity index (χ0v) is 8.37. The van der Waals surface area contributed by atoms with E-state index in [0.717, 1.165) is 0 Å². The van der Waals surface area contributed by atoms with Gasteiger partial charge in [0.1, 0.15) is 6.61 Å². The molecule has 1 aliphatic rings. The molecule has 0 N–H and O–H groups in total. The van der Waals surface area contributed by atoms with E-state index in [1.807, 2.05) is 6.92 Å². The van der Waals surface area contributed by atoms with E-state index in [2.05, 4.69) is 4.74 Å². The fraction of sp³-hybridized carbons (Fsp3) is 0.778. The molecule has 0 bridgehead atoms. The summed E-state index contributed by atoms with van der Waals surface area (Å²) in [5.74, 6) is -1.86. The lowest BCUT2D eigenvalue weighted by Crippen LogP contribution is -2.44. The fourth-order valence-electron chi connectivity index (χ4n) is 1.02. The van der Waals surface area contributed by atoms with Crippen LogP contribution in [0.1, 0.15) is 13.8 Å². The Kier molecular flexibility index (Phi) is 3.46. The maximum atomic E-state index is 11.0. The molecule has 0 aromatic rings. The smallest absolute Gasteiger partial charge is 0.417 e. The van der Waals surface area contributed by atoms with Crippen molar-refractivity contribution in [1.29, 1.82) is 0 Å². The van der Waals surface area contributed by atoms with Gasteiger partial charge in [0, 0.05) is 5.41 Å². The molecule has 0 unspecified atom stereocenters. The van der Waals surface area contributed by atoms with Gasteiger partial charge in [0.2, 0.25) is 0 Å². The Hall–Kier alpha value is -1.10. The average molecular weight is 202 g/mol. The van der Waals surface area contributed by atoms with Gasteiger partial charge in [-0.05, 0) is 6.92 Å². The summed E-state index contributed by atoms with van der Waals surface area (Å²) in [6, 6.07) is 0. The zero-order valence-electron chi connectivity index (χ0n) is 8.37. The highest BCUT2D eigenvalue weighted by Crippen LogP contribution is 2.26. The second kappa shape index (κ2) is 4.41. The molecule has 5 heteroatoms. The van der Waals surface area contributed by atoms with Crippen molar-refractivity contribution in [3.05, 3.63) is 0 Å². The van der Waals surface area contributed by atoms with Gasteiger partial charge in [-0.15, -0.1) is 0 Å². The molecule has 0 radical (unpaired) electrons. The lowest BCUT2D eigenvalue weighted by atomic mass is 9.90. The molecule has 1 saturated heterocycles. The van der Waals surface area contributed by atoms with Crippen LogP contribution in [-0.4, -0.2) is 38.4 Å². The van der Waals surface area contributed by atoms with E-state index in [0.29, 0.717) is 13.2 Å². The summed E-state index contributed by atoms with van der Waals surface area (Å²) in [7, 11) is 0. The first-order valence-electron chi connectivity index (χ1n) is 4.49. The Bertz CT molecular complexity index is 231. The molecule has 0 atom stereocenters. The second-order valence-corrected chi connectivity index (χ2v) is 3.60. The monoisotopic (exact) mass is 202 g/mol. The second-order valence-electron chi connectivity index (χ2n) is 3.60. The van der Waals surface area contributed by atoms with Gasteiger partial charge in [-0.25, -0.2) is 9.59 Å². The van der Waals surface area contributed by atoms with Crippen molar-refractivity contribution in [2.75, 3.05) is 26.4 Å². The molecule has 0 saturated carbocycles. The minimum Gasteiger partial charge on any atom is -0.458 e. The minimum atomic E-state index is -0.934. The number of esters is 2. The van der Waals surface area contributed by atoms with Crippen molar-refractivity contribution in [2.45, 2.75) is 13.8 Å². The normalized spacial score (nSPS) is 18.1. The van der Waals surface area contributed by atoms with Crippen LogP contribution in [0.3, 0.4) is 0 Å². The van der Waals surface area contributed by atoms with Crippen molar-refractivity contribution < 1.29 is 23.8 Å². The molecular weight excluding hydrogens is 188 g/mol. The van der Waals surface area contributed by atoms with Gasteiger partial charge < -0.3 is 14.2 Å². The number of hydrogen-bond donors (Lipinski definition) is 0. The van der Waals surface area contributed by atoms with Gasteiger partial charge in [-0.2, -0.15) is 0 Å². The molecule has 0 amide bonds. The number of hydrogen-bond acceptors (Lipinski definition) is 5. The Morgan fingerprint density at radius 2 is 1.86 bits per heavy atom. The van der Waals surface area contributed by atoms with Gasteiger partial charge in [0.05, 0.1) is 19.8 Å². The van der Waals surface area contributed by atoms with Crippen LogP contribution >= 0.6 is 0 Å². The van der Waals surface area contributed by atoms with E-state index in [9.17, 15) is 9.59 Å². The SMILES string of the molecule is CCOC(=O)C(=O)OCC1(C)COC1. The molecule has 1 aliphatic heterocycles. The summed E-state index contributed by atoms with van der Waals surface area (Å²) < 4.78 is 14.2. The van der Waals surface area contributed by atoms with Crippen LogP contribution in [0.15, 0.2) is 0 Å². The Labute approximate surface area is 82.3 Å². The third-order valence-electron chi connectivity index (χ3n) is 1.89. The van der Waals surface area contributed by atoms with Crippen molar-refractivity contribution in [1.82, 2.24) is 0 Å². The summed E-state index contributed by atoms with van der Waals surface area (Å²) >= 11 is 0. The predicted octanol–water partition coefficient (Wildman–Crippen LogP) is 0.129. The lowest BCUT2D eigenvalue weighted by molar-refractivity contribution is -0.178. The van der Waals surface area contributed by atoms with Crippen LogP contribution in [-0.2, 0) is 23.8 Å². The minimum absolute atomic E-state index is 0.137. The number of carbonyl (C=O) groups is 2. The molecule has 0 aromatic heterocycles. The van der Waals surface area contributed by atoms with Crippen LogP contribution in [0.2, 0.25) is 0 Å². The lowest BCUT2D eigenvalue weighted by Gasteiger charge is -2.36. The van der Waals surface area contributed by atoms with E-state index >= 15 is 0 Å². The number of ether oxygens (including phenoxy) is 3.